The molecule has 4 atom stereocenters. The predicted molar refractivity (Wildman–Crippen MR) is 92.3 cm³/mol. The number of carbonyl (C=O) groups excluding carboxylic acids is 2. The Kier molecular flexibility index (Phi) is 4.54. The molecule has 3 saturated carbocycles. The summed E-state index contributed by atoms with van der Waals surface area (Å²) in [6.45, 7) is 5.19. The maximum absolute atomic E-state index is 12.6. The van der Waals surface area contributed by atoms with Gasteiger partial charge in [0.15, 0.2) is 0 Å². The van der Waals surface area contributed by atoms with Crippen LogP contribution in [0.2, 0.25) is 0 Å². The van der Waals surface area contributed by atoms with Crippen LogP contribution in [0.3, 0.4) is 0 Å². The van der Waals surface area contributed by atoms with Gasteiger partial charge in [0, 0.05) is 38.6 Å². The van der Waals surface area contributed by atoms with Crippen molar-refractivity contribution in [1.29, 1.82) is 0 Å². The van der Waals surface area contributed by atoms with Crippen LogP contribution in [0, 0.1) is 17.8 Å². The number of nitrogens with one attached hydrogen (secondary N) is 1. The van der Waals surface area contributed by atoms with E-state index in [9.17, 15) is 9.59 Å². The molecule has 1 N–H and O–H groups in total. The molecule has 4 aliphatic rings. The number of hydrogen-bond acceptors (Lipinski definition) is 3. The van der Waals surface area contributed by atoms with Gasteiger partial charge >= 0.3 is 0 Å². The Bertz CT molecular complexity index is 497. The molecule has 24 heavy (non-hydrogen) atoms. The molecule has 1 heterocycles. The van der Waals surface area contributed by atoms with Crippen molar-refractivity contribution < 1.29 is 9.59 Å². The van der Waals surface area contributed by atoms with E-state index >= 15 is 0 Å². The summed E-state index contributed by atoms with van der Waals surface area (Å²) < 4.78 is 0. The number of amides is 2. The lowest BCUT2D eigenvalue weighted by Crippen LogP contribution is -2.55. The van der Waals surface area contributed by atoms with Gasteiger partial charge in [-0.3, -0.25) is 14.5 Å². The molecule has 1 saturated heterocycles. The number of piperazine rings is 1. The van der Waals surface area contributed by atoms with Crippen molar-refractivity contribution >= 4 is 11.8 Å². The Balaban J connectivity index is 1.22. The number of hydrogen-bond donors (Lipinski definition) is 1. The topological polar surface area (TPSA) is 52.7 Å². The first-order chi connectivity index (χ1) is 11.6. The largest absolute Gasteiger partial charge is 0.352 e. The molecule has 4 fully saturated rings. The summed E-state index contributed by atoms with van der Waals surface area (Å²) in [4.78, 5) is 29.1. The van der Waals surface area contributed by atoms with Crippen molar-refractivity contribution in [3.05, 3.63) is 0 Å². The standard InChI is InChI=1S/C19H31N3O2/c1-13(19(24)20-17-4-5-17)21-6-8-22(9-7-21)18(23)12-16-11-14-2-3-15(16)10-14/h13-17H,2-12H2,1H3,(H,20,24)/t13-,14+,15+,16+/m1/s1. The first kappa shape index (κ1) is 16.4. The Morgan fingerprint density at radius 1 is 1.04 bits per heavy atom. The lowest BCUT2D eigenvalue weighted by Gasteiger charge is -2.38. The van der Waals surface area contributed by atoms with E-state index in [-0.39, 0.29) is 11.9 Å². The summed E-state index contributed by atoms with van der Waals surface area (Å²) in [5, 5.41) is 3.09. The van der Waals surface area contributed by atoms with Crippen LogP contribution in [-0.4, -0.2) is 59.9 Å². The van der Waals surface area contributed by atoms with Crippen molar-refractivity contribution in [1.82, 2.24) is 15.1 Å². The summed E-state index contributed by atoms with van der Waals surface area (Å²) >= 11 is 0. The second-order valence-corrected chi connectivity index (χ2v) is 8.51. The molecule has 0 aromatic heterocycles. The van der Waals surface area contributed by atoms with Crippen molar-refractivity contribution in [3.63, 3.8) is 0 Å². The van der Waals surface area contributed by atoms with Crippen LogP contribution in [0.4, 0.5) is 0 Å². The zero-order chi connectivity index (χ0) is 16.7. The monoisotopic (exact) mass is 333 g/mol. The molecule has 5 nitrogen and oxygen atoms in total. The molecule has 2 bridgehead atoms. The summed E-state index contributed by atoms with van der Waals surface area (Å²) in [7, 11) is 0. The Hall–Kier alpha value is -1.10. The zero-order valence-electron chi connectivity index (χ0n) is 14.9. The molecular formula is C19H31N3O2. The van der Waals surface area contributed by atoms with E-state index in [1.807, 2.05) is 11.8 Å². The van der Waals surface area contributed by atoms with Crippen molar-refractivity contribution in [3.8, 4) is 0 Å². The average molecular weight is 333 g/mol. The first-order valence-electron chi connectivity index (χ1n) is 9.92. The summed E-state index contributed by atoms with van der Waals surface area (Å²) in [5.74, 6) is 2.89. The molecule has 1 aliphatic heterocycles. The van der Waals surface area contributed by atoms with Gasteiger partial charge in [0.25, 0.3) is 0 Å². The minimum absolute atomic E-state index is 0.0755. The van der Waals surface area contributed by atoms with Gasteiger partial charge in [-0.1, -0.05) is 6.42 Å². The van der Waals surface area contributed by atoms with Crippen molar-refractivity contribution in [2.45, 2.75) is 64.0 Å². The molecule has 5 heteroatoms. The van der Waals surface area contributed by atoms with E-state index in [0.29, 0.717) is 17.9 Å². The average Bonchev–Trinajstić information content (AvgIpc) is 3.16. The van der Waals surface area contributed by atoms with Gasteiger partial charge in [0.05, 0.1) is 6.04 Å². The van der Waals surface area contributed by atoms with Crippen LogP contribution in [0.15, 0.2) is 0 Å². The maximum Gasteiger partial charge on any atom is 0.237 e. The quantitative estimate of drug-likeness (QED) is 0.832. The third-order valence-electron chi connectivity index (χ3n) is 6.84. The fourth-order valence-corrected chi connectivity index (χ4v) is 5.05. The van der Waals surface area contributed by atoms with E-state index in [1.54, 1.807) is 0 Å². The van der Waals surface area contributed by atoms with Crippen LogP contribution in [0.1, 0.15) is 51.9 Å². The molecule has 0 aromatic carbocycles. The molecular weight excluding hydrogens is 302 g/mol. The van der Waals surface area contributed by atoms with Crippen LogP contribution in [0.5, 0.6) is 0 Å². The highest BCUT2D eigenvalue weighted by molar-refractivity contribution is 5.82. The predicted octanol–water partition coefficient (Wildman–Crippen LogP) is 1.62. The highest BCUT2D eigenvalue weighted by Crippen LogP contribution is 2.49. The molecule has 134 valence electrons. The van der Waals surface area contributed by atoms with E-state index in [1.165, 1.54) is 25.7 Å². The van der Waals surface area contributed by atoms with Gasteiger partial charge < -0.3 is 10.2 Å². The van der Waals surface area contributed by atoms with Gasteiger partial charge in [0.1, 0.15) is 0 Å². The summed E-state index contributed by atoms with van der Waals surface area (Å²) in [6, 6.07) is 0.345. The van der Waals surface area contributed by atoms with E-state index in [4.69, 9.17) is 0 Å². The van der Waals surface area contributed by atoms with Crippen LogP contribution in [0.25, 0.3) is 0 Å². The fourth-order valence-electron chi connectivity index (χ4n) is 5.05. The molecule has 4 rings (SSSR count). The van der Waals surface area contributed by atoms with Crippen LogP contribution >= 0.6 is 0 Å². The molecule has 3 aliphatic carbocycles. The smallest absolute Gasteiger partial charge is 0.237 e. The van der Waals surface area contributed by atoms with Crippen molar-refractivity contribution in [2.24, 2.45) is 17.8 Å². The van der Waals surface area contributed by atoms with E-state index < -0.39 is 0 Å². The highest BCUT2D eigenvalue weighted by Gasteiger charge is 2.41. The number of nitrogens with zero attached hydrogens (tertiary/aromatic N) is 2. The number of rotatable bonds is 5. The maximum atomic E-state index is 12.6. The third kappa shape index (κ3) is 3.46. The third-order valence-corrected chi connectivity index (χ3v) is 6.84. The number of carbonyl (C=O) groups is 2. The minimum Gasteiger partial charge on any atom is -0.352 e. The second kappa shape index (κ2) is 6.66. The van der Waals surface area contributed by atoms with Crippen molar-refractivity contribution in [2.75, 3.05) is 26.2 Å². The molecule has 0 aromatic rings. The van der Waals surface area contributed by atoms with Gasteiger partial charge in [-0.15, -0.1) is 0 Å². The van der Waals surface area contributed by atoms with Crippen LogP contribution < -0.4 is 5.32 Å². The van der Waals surface area contributed by atoms with Gasteiger partial charge in [-0.05, 0) is 56.8 Å². The normalized spacial score (nSPS) is 34.4. The lowest BCUT2D eigenvalue weighted by atomic mass is 9.86. The molecule has 0 spiro atoms. The minimum atomic E-state index is -0.0755. The fraction of sp³-hybridized carbons (Fsp3) is 0.895. The van der Waals surface area contributed by atoms with E-state index in [0.717, 1.165) is 57.3 Å². The van der Waals surface area contributed by atoms with Gasteiger partial charge in [-0.25, -0.2) is 0 Å². The first-order valence-corrected chi connectivity index (χ1v) is 9.92. The lowest BCUT2D eigenvalue weighted by molar-refractivity contribution is -0.135. The van der Waals surface area contributed by atoms with Gasteiger partial charge in [0.2, 0.25) is 11.8 Å². The van der Waals surface area contributed by atoms with Gasteiger partial charge in [-0.2, -0.15) is 0 Å². The van der Waals surface area contributed by atoms with E-state index in [2.05, 4.69) is 10.2 Å². The molecule has 0 unspecified atom stereocenters. The highest BCUT2D eigenvalue weighted by atomic mass is 16.2. The van der Waals surface area contributed by atoms with Crippen LogP contribution in [-0.2, 0) is 9.59 Å². The summed E-state index contributed by atoms with van der Waals surface area (Å²) in [6.07, 6.45) is 8.43. The Morgan fingerprint density at radius 3 is 2.38 bits per heavy atom. The Morgan fingerprint density at radius 2 is 1.79 bits per heavy atom. The second-order valence-electron chi connectivity index (χ2n) is 8.51. The molecule has 0 radical (unpaired) electrons. The number of fused-ring (bicyclic) bond motifs is 2. The Labute approximate surface area is 145 Å². The SMILES string of the molecule is C[C@H](C(=O)NC1CC1)N1CCN(C(=O)C[C@@H]2C[C@H]3CC[C@H]2C3)CC1. The zero-order valence-corrected chi connectivity index (χ0v) is 14.9. The molecule has 2 amide bonds. The summed E-state index contributed by atoms with van der Waals surface area (Å²) in [5.41, 5.74) is 0.